The van der Waals surface area contributed by atoms with Crippen molar-refractivity contribution in [2.24, 2.45) is 0 Å². The molecule has 2 heterocycles. The predicted octanol–water partition coefficient (Wildman–Crippen LogP) is 7.08. The Morgan fingerprint density at radius 2 is 1.97 bits per heavy atom. The van der Waals surface area contributed by atoms with Gasteiger partial charge in [-0.3, -0.25) is 4.90 Å². The molecular formula is C26H32N2S2. The van der Waals surface area contributed by atoms with E-state index in [1.54, 1.807) is 0 Å². The topological polar surface area (TPSA) is 19.0 Å². The number of thioether (sulfide) groups is 2. The first-order chi connectivity index (χ1) is 14.8. The van der Waals surface area contributed by atoms with Crippen molar-refractivity contribution in [3.05, 3.63) is 71.9 Å². The number of unbranched alkanes of at least 4 members (excludes halogenated alkanes) is 1. The molecule has 0 fully saturated rings. The van der Waals surface area contributed by atoms with Crippen LogP contribution in [0.4, 0.5) is 0 Å². The number of aromatic amines is 1. The highest BCUT2D eigenvalue weighted by atomic mass is 32.2. The highest BCUT2D eigenvalue weighted by Crippen LogP contribution is 2.28. The minimum absolute atomic E-state index is 1.08. The van der Waals surface area contributed by atoms with Crippen LogP contribution in [0.3, 0.4) is 0 Å². The average Bonchev–Trinajstić information content (AvgIpc) is 3.20. The van der Waals surface area contributed by atoms with Gasteiger partial charge in [0.2, 0.25) is 0 Å². The number of hydrogen-bond donors (Lipinski definition) is 1. The summed E-state index contributed by atoms with van der Waals surface area (Å²) in [5.74, 6) is 3.49. The molecule has 1 aliphatic heterocycles. The summed E-state index contributed by atoms with van der Waals surface area (Å²) < 4.78 is 0. The summed E-state index contributed by atoms with van der Waals surface area (Å²) in [4.78, 5) is 7.43. The molecule has 2 aromatic carbocycles. The van der Waals surface area contributed by atoms with Gasteiger partial charge in [-0.25, -0.2) is 0 Å². The number of hydrogen-bond acceptors (Lipinski definition) is 3. The standard InChI is InChI=1S/C26H32N2S2/c1-2-3-16-30-24-9-10-26-25(18-24)23(19-27-26)20-29-17-15-28-13-11-22(12-14-28)21-7-5-4-6-8-21/h4-11,18-19,27H,2-3,12-17,20H2,1H3. The van der Waals surface area contributed by atoms with E-state index < -0.39 is 0 Å². The summed E-state index contributed by atoms with van der Waals surface area (Å²) in [6.45, 7) is 5.68. The van der Waals surface area contributed by atoms with Crippen molar-refractivity contribution in [2.75, 3.05) is 31.1 Å². The summed E-state index contributed by atoms with van der Waals surface area (Å²) in [5, 5.41) is 1.40. The van der Waals surface area contributed by atoms with Gasteiger partial charge in [-0.05, 0) is 53.5 Å². The van der Waals surface area contributed by atoms with Crippen molar-refractivity contribution in [3.8, 4) is 0 Å². The third-order valence-corrected chi connectivity index (χ3v) is 7.82. The lowest BCUT2D eigenvalue weighted by atomic mass is 10.00. The number of aromatic nitrogens is 1. The van der Waals surface area contributed by atoms with E-state index in [4.69, 9.17) is 0 Å². The zero-order valence-electron chi connectivity index (χ0n) is 17.9. The summed E-state index contributed by atoms with van der Waals surface area (Å²) >= 11 is 4.04. The van der Waals surface area contributed by atoms with Crippen molar-refractivity contribution >= 4 is 40.0 Å². The first kappa shape index (κ1) is 21.6. The Hall–Kier alpha value is -1.62. The molecule has 0 unspecified atom stereocenters. The first-order valence-electron chi connectivity index (χ1n) is 11.1. The first-order valence-corrected chi connectivity index (χ1v) is 13.2. The van der Waals surface area contributed by atoms with Crippen LogP contribution in [0.1, 0.15) is 37.3 Å². The third-order valence-electron chi connectivity index (χ3n) is 5.75. The highest BCUT2D eigenvalue weighted by molar-refractivity contribution is 7.99. The Kier molecular flexibility index (Phi) is 8.01. The lowest BCUT2D eigenvalue weighted by Crippen LogP contribution is -2.30. The zero-order valence-corrected chi connectivity index (χ0v) is 19.5. The fraction of sp³-hybridized carbons (Fsp3) is 0.385. The number of H-pyrrole nitrogens is 1. The summed E-state index contributed by atoms with van der Waals surface area (Å²) in [5.41, 5.74) is 5.60. The van der Waals surface area contributed by atoms with Gasteiger partial charge in [0, 0.05) is 53.1 Å². The fourth-order valence-electron chi connectivity index (χ4n) is 3.91. The normalized spacial score (nSPS) is 14.9. The molecular weight excluding hydrogens is 404 g/mol. The van der Waals surface area contributed by atoms with Crippen molar-refractivity contribution in [1.29, 1.82) is 0 Å². The largest absolute Gasteiger partial charge is 0.361 e. The maximum atomic E-state index is 3.45. The van der Waals surface area contributed by atoms with E-state index in [0.717, 1.165) is 18.7 Å². The van der Waals surface area contributed by atoms with Crippen LogP contribution >= 0.6 is 23.5 Å². The van der Waals surface area contributed by atoms with E-state index in [-0.39, 0.29) is 0 Å². The minimum Gasteiger partial charge on any atom is -0.361 e. The molecule has 1 aliphatic rings. The summed E-state index contributed by atoms with van der Waals surface area (Å²) in [6.07, 6.45) is 8.34. The molecule has 0 bridgehead atoms. The predicted molar refractivity (Wildman–Crippen MR) is 136 cm³/mol. The Morgan fingerprint density at radius 3 is 2.77 bits per heavy atom. The molecule has 0 saturated carbocycles. The molecule has 1 N–H and O–H groups in total. The van der Waals surface area contributed by atoms with E-state index in [1.165, 1.54) is 69.9 Å². The zero-order chi connectivity index (χ0) is 20.6. The fourth-order valence-corrected chi connectivity index (χ4v) is 5.93. The number of nitrogens with zero attached hydrogens (tertiary/aromatic N) is 1. The molecule has 0 amide bonds. The Labute approximate surface area is 189 Å². The second kappa shape index (κ2) is 11.1. The van der Waals surface area contributed by atoms with Gasteiger partial charge in [0.1, 0.15) is 0 Å². The average molecular weight is 437 g/mol. The maximum Gasteiger partial charge on any atom is 0.0457 e. The van der Waals surface area contributed by atoms with E-state index in [0.29, 0.717) is 0 Å². The van der Waals surface area contributed by atoms with Crippen LogP contribution in [0.25, 0.3) is 16.5 Å². The van der Waals surface area contributed by atoms with Gasteiger partial charge in [0.25, 0.3) is 0 Å². The van der Waals surface area contributed by atoms with Gasteiger partial charge in [0.05, 0.1) is 0 Å². The van der Waals surface area contributed by atoms with Gasteiger partial charge >= 0.3 is 0 Å². The van der Waals surface area contributed by atoms with Crippen LogP contribution in [0.5, 0.6) is 0 Å². The van der Waals surface area contributed by atoms with Crippen LogP contribution in [0.15, 0.2) is 65.7 Å². The molecule has 0 radical (unpaired) electrons. The van der Waals surface area contributed by atoms with Gasteiger partial charge in [-0.2, -0.15) is 11.8 Å². The smallest absolute Gasteiger partial charge is 0.0457 e. The van der Waals surface area contributed by atoms with Crippen LogP contribution in [0, 0.1) is 0 Å². The molecule has 0 spiro atoms. The second-order valence-electron chi connectivity index (χ2n) is 7.92. The second-order valence-corrected chi connectivity index (χ2v) is 10.2. The number of nitrogens with one attached hydrogen (secondary N) is 1. The van der Waals surface area contributed by atoms with E-state index in [2.05, 4.69) is 89.4 Å². The Balaban J connectivity index is 1.24. The number of fused-ring (bicyclic) bond motifs is 1. The third kappa shape index (κ3) is 5.75. The van der Waals surface area contributed by atoms with Gasteiger partial charge in [-0.15, -0.1) is 11.8 Å². The number of benzene rings is 2. The molecule has 158 valence electrons. The van der Waals surface area contributed by atoms with E-state index in [1.807, 2.05) is 11.8 Å². The molecule has 4 heteroatoms. The lowest BCUT2D eigenvalue weighted by Gasteiger charge is -2.26. The summed E-state index contributed by atoms with van der Waals surface area (Å²) in [7, 11) is 0. The van der Waals surface area contributed by atoms with Gasteiger partial charge in [-0.1, -0.05) is 49.8 Å². The van der Waals surface area contributed by atoms with Crippen molar-refractivity contribution in [2.45, 2.75) is 36.8 Å². The monoisotopic (exact) mass is 436 g/mol. The molecule has 0 aliphatic carbocycles. The SMILES string of the molecule is CCCCSc1ccc2[nH]cc(CSCCN3CC=C(c4ccccc4)CC3)c2c1. The highest BCUT2D eigenvalue weighted by Gasteiger charge is 2.13. The minimum atomic E-state index is 1.08. The Morgan fingerprint density at radius 1 is 1.07 bits per heavy atom. The molecule has 0 saturated heterocycles. The maximum absolute atomic E-state index is 3.45. The molecule has 30 heavy (non-hydrogen) atoms. The van der Waals surface area contributed by atoms with Crippen LogP contribution in [0.2, 0.25) is 0 Å². The molecule has 2 nitrogen and oxygen atoms in total. The van der Waals surface area contributed by atoms with E-state index in [9.17, 15) is 0 Å². The summed E-state index contributed by atoms with van der Waals surface area (Å²) in [6, 6.07) is 17.7. The van der Waals surface area contributed by atoms with Crippen LogP contribution in [-0.2, 0) is 5.75 Å². The molecule has 1 aromatic heterocycles. The van der Waals surface area contributed by atoms with Crippen LogP contribution < -0.4 is 0 Å². The van der Waals surface area contributed by atoms with Crippen molar-refractivity contribution in [3.63, 3.8) is 0 Å². The van der Waals surface area contributed by atoms with Crippen molar-refractivity contribution < 1.29 is 0 Å². The Bertz CT molecular complexity index is 962. The van der Waals surface area contributed by atoms with Gasteiger partial charge < -0.3 is 4.98 Å². The lowest BCUT2D eigenvalue weighted by molar-refractivity contribution is 0.321. The van der Waals surface area contributed by atoms with E-state index >= 15 is 0 Å². The molecule has 0 atom stereocenters. The molecule has 4 rings (SSSR count). The van der Waals surface area contributed by atoms with Gasteiger partial charge in [0.15, 0.2) is 0 Å². The van der Waals surface area contributed by atoms with Crippen molar-refractivity contribution in [1.82, 2.24) is 9.88 Å². The quantitative estimate of drug-likeness (QED) is 0.271. The number of rotatable bonds is 10. The van der Waals surface area contributed by atoms with Crippen LogP contribution in [-0.4, -0.2) is 41.0 Å². The molecule has 3 aromatic rings.